The third-order valence-electron chi connectivity index (χ3n) is 3.32. The third-order valence-corrected chi connectivity index (χ3v) is 3.32. The fourth-order valence-corrected chi connectivity index (χ4v) is 2.19. The summed E-state index contributed by atoms with van der Waals surface area (Å²) in [7, 11) is 0. The van der Waals surface area contributed by atoms with E-state index in [2.05, 4.69) is 39.2 Å². The van der Waals surface area contributed by atoms with Gasteiger partial charge in [-0.1, -0.05) is 13.8 Å². The SMILES string of the molecule is CCCn1nnnc1CN1CCN(CC)CC1. The van der Waals surface area contributed by atoms with Crippen LogP contribution in [0.2, 0.25) is 0 Å². The molecule has 0 atom stereocenters. The summed E-state index contributed by atoms with van der Waals surface area (Å²) in [6, 6.07) is 0. The van der Waals surface area contributed by atoms with E-state index < -0.39 is 0 Å². The average Bonchev–Trinajstić information content (AvgIpc) is 2.78. The van der Waals surface area contributed by atoms with Crippen molar-refractivity contribution < 1.29 is 0 Å². The van der Waals surface area contributed by atoms with Gasteiger partial charge in [-0.15, -0.1) is 5.10 Å². The van der Waals surface area contributed by atoms with Crippen molar-refractivity contribution in [2.45, 2.75) is 33.4 Å². The molecular formula is C11H22N6. The first-order chi connectivity index (χ1) is 8.33. The molecule has 0 spiro atoms. The van der Waals surface area contributed by atoms with E-state index in [4.69, 9.17) is 0 Å². The first kappa shape index (κ1) is 12.4. The second-order valence-corrected chi connectivity index (χ2v) is 4.53. The largest absolute Gasteiger partial charge is 0.301 e. The summed E-state index contributed by atoms with van der Waals surface area (Å²) in [4.78, 5) is 4.91. The smallest absolute Gasteiger partial charge is 0.165 e. The Morgan fingerprint density at radius 1 is 1.06 bits per heavy atom. The van der Waals surface area contributed by atoms with Gasteiger partial charge in [0.1, 0.15) is 0 Å². The van der Waals surface area contributed by atoms with Crippen LogP contribution in [0, 0.1) is 0 Å². The van der Waals surface area contributed by atoms with E-state index in [0.717, 1.165) is 58.1 Å². The summed E-state index contributed by atoms with van der Waals surface area (Å²) in [6.07, 6.45) is 1.07. The van der Waals surface area contributed by atoms with E-state index in [9.17, 15) is 0 Å². The molecule has 1 aliphatic heterocycles. The molecule has 2 heterocycles. The van der Waals surface area contributed by atoms with Crippen molar-refractivity contribution in [1.29, 1.82) is 0 Å². The minimum atomic E-state index is 0.880. The zero-order valence-corrected chi connectivity index (χ0v) is 10.8. The van der Waals surface area contributed by atoms with Crippen molar-refractivity contribution in [2.24, 2.45) is 0 Å². The van der Waals surface area contributed by atoms with Gasteiger partial charge >= 0.3 is 0 Å². The summed E-state index contributed by atoms with van der Waals surface area (Å²) >= 11 is 0. The molecule has 2 rings (SSSR count). The summed E-state index contributed by atoms with van der Waals surface area (Å²) in [5.74, 6) is 0.997. The van der Waals surface area contributed by atoms with Gasteiger partial charge in [0.25, 0.3) is 0 Å². The van der Waals surface area contributed by atoms with Crippen LogP contribution in [0.1, 0.15) is 26.1 Å². The number of piperazine rings is 1. The number of aromatic nitrogens is 4. The van der Waals surface area contributed by atoms with Crippen molar-refractivity contribution in [1.82, 2.24) is 30.0 Å². The summed E-state index contributed by atoms with van der Waals surface area (Å²) in [5.41, 5.74) is 0. The van der Waals surface area contributed by atoms with Crippen LogP contribution in [0.5, 0.6) is 0 Å². The first-order valence-electron chi connectivity index (χ1n) is 6.53. The zero-order valence-electron chi connectivity index (χ0n) is 10.8. The van der Waals surface area contributed by atoms with Crippen LogP contribution in [0.25, 0.3) is 0 Å². The quantitative estimate of drug-likeness (QED) is 0.734. The fourth-order valence-electron chi connectivity index (χ4n) is 2.19. The first-order valence-corrected chi connectivity index (χ1v) is 6.53. The number of hydrogen-bond acceptors (Lipinski definition) is 5. The Morgan fingerprint density at radius 3 is 2.41 bits per heavy atom. The van der Waals surface area contributed by atoms with Gasteiger partial charge in [0, 0.05) is 32.7 Å². The highest BCUT2D eigenvalue weighted by molar-refractivity contribution is 4.83. The molecule has 17 heavy (non-hydrogen) atoms. The molecule has 1 aliphatic rings. The molecule has 0 amide bonds. The molecule has 0 saturated carbocycles. The van der Waals surface area contributed by atoms with Crippen molar-refractivity contribution in [3.8, 4) is 0 Å². The van der Waals surface area contributed by atoms with Crippen molar-refractivity contribution >= 4 is 0 Å². The normalized spacial score (nSPS) is 18.7. The Hall–Kier alpha value is -1.01. The van der Waals surface area contributed by atoms with E-state index in [0.29, 0.717) is 0 Å². The molecule has 0 radical (unpaired) electrons. The molecular weight excluding hydrogens is 216 g/mol. The molecule has 1 aromatic rings. The molecule has 0 bridgehead atoms. The van der Waals surface area contributed by atoms with Gasteiger partial charge in [-0.25, -0.2) is 4.68 Å². The molecule has 0 aliphatic carbocycles. The Morgan fingerprint density at radius 2 is 1.76 bits per heavy atom. The minimum absolute atomic E-state index is 0.880. The van der Waals surface area contributed by atoms with E-state index in [1.54, 1.807) is 0 Å². The fraction of sp³-hybridized carbons (Fsp3) is 0.909. The number of rotatable bonds is 5. The molecule has 0 unspecified atom stereocenters. The standard InChI is InChI=1S/C11H22N6/c1-3-5-17-11(12-13-14-17)10-16-8-6-15(4-2)7-9-16/h3-10H2,1-2H3. The highest BCUT2D eigenvalue weighted by Crippen LogP contribution is 2.06. The maximum absolute atomic E-state index is 4.11. The van der Waals surface area contributed by atoms with Gasteiger partial charge in [0.15, 0.2) is 5.82 Å². The van der Waals surface area contributed by atoms with Gasteiger partial charge < -0.3 is 4.90 Å². The van der Waals surface area contributed by atoms with Crippen LogP contribution in [0.4, 0.5) is 0 Å². The lowest BCUT2D eigenvalue weighted by atomic mass is 10.3. The zero-order chi connectivity index (χ0) is 12.1. The lowest BCUT2D eigenvalue weighted by Gasteiger charge is -2.33. The van der Waals surface area contributed by atoms with Crippen LogP contribution >= 0.6 is 0 Å². The second-order valence-electron chi connectivity index (χ2n) is 4.53. The highest BCUT2D eigenvalue weighted by Gasteiger charge is 2.17. The highest BCUT2D eigenvalue weighted by atomic mass is 15.5. The molecule has 1 fully saturated rings. The van der Waals surface area contributed by atoms with Gasteiger partial charge in [-0.3, -0.25) is 4.90 Å². The molecule has 1 saturated heterocycles. The Bertz CT molecular complexity index is 328. The lowest BCUT2D eigenvalue weighted by molar-refractivity contribution is 0.128. The van der Waals surface area contributed by atoms with Crippen LogP contribution in [-0.4, -0.2) is 62.7 Å². The molecule has 6 heteroatoms. The summed E-state index contributed by atoms with van der Waals surface area (Å²) in [6.45, 7) is 11.9. The number of nitrogens with zero attached hydrogens (tertiary/aromatic N) is 6. The summed E-state index contributed by atoms with van der Waals surface area (Å²) in [5, 5.41) is 11.9. The van der Waals surface area contributed by atoms with E-state index in [1.807, 2.05) is 4.68 Å². The Balaban J connectivity index is 1.86. The third kappa shape index (κ3) is 3.23. The van der Waals surface area contributed by atoms with Crippen molar-refractivity contribution in [3.63, 3.8) is 0 Å². The lowest BCUT2D eigenvalue weighted by Crippen LogP contribution is -2.45. The van der Waals surface area contributed by atoms with Gasteiger partial charge in [-0.05, 0) is 23.4 Å². The minimum Gasteiger partial charge on any atom is -0.301 e. The predicted molar refractivity (Wildman–Crippen MR) is 65.5 cm³/mol. The molecule has 96 valence electrons. The molecule has 6 nitrogen and oxygen atoms in total. The molecule has 1 aromatic heterocycles. The predicted octanol–water partition coefficient (Wildman–Crippen LogP) is 0.221. The van der Waals surface area contributed by atoms with E-state index in [1.165, 1.54) is 0 Å². The average molecular weight is 238 g/mol. The summed E-state index contributed by atoms with van der Waals surface area (Å²) < 4.78 is 1.92. The van der Waals surface area contributed by atoms with Crippen LogP contribution in [-0.2, 0) is 13.1 Å². The van der Waals surface area contributed by atoms with Gasteiger partial charge in [-0.2, -0.15) is 0 Å². The Labute approximate surface area is 103 Å². The number of hydrogen-bond donors (Lipinski definition) is 0. The number of aryl methyl sites for hydroxylation is 1. The van der Waals surface area contributed by atoms with E-state index in [-0.39, 0.29) is 0 Å². The monoisotopic (exact) mass is 238 g/mol. The van der Waals surface area contributed by atoms with Crippen molar-refractivity contribution in [2.75, 3.05) is 32.7 Å². The topological polar surface area (TPSA) is 50.1 Å². The number of likely N-dealkylation sites (N-methyl/N-ethyl adjacent to an activating group) is 1. The van der Waals surface area contributed by atoms with Gasteiger partial charge in [0.2, 0.25) is 0 Å². The van der Waals surface area contributed by atoms with Crippen LogP contribution in [0.3, 0.4) is 0 Å². The maximum atomic E-state index is 4.11. The van der Waals surface area contributed by atoms with Gasteiger partial charge in [0.05, 0.1) is 6.54 Å². The second kappa shape index (κ2) is 6.07. The van der Waals surface area contributed by atoms with Crippen LogP contribution < -0.4 is 0 Å². The molecule has 0 N–H and O–H groups in total. The molecule has 0 aromatic carbocycles. The van der Waals surface area contributed by atoms with Crippen molar-refractivity contribution in [3.05, 3.63) is 5.82 Å². The number of tetrazole rings is 1. The maximum Gasteiger partial charge on any atom is 0.165 e. The Kier molecular flexibility index (Phi) is 4.44. The van der Waals surface area contributed by atoms with Crippen LogP contribution in [0.15, 0.2) is 0 Å². The van der Waals surface area contributed by atoms with E-state index >= 15 is 0 Å².